The Bertz CT molecular complexity index is 1170. The molecule has 0 atom stereocenters. The molecular weight excluding hydrogens is 338 g/mol. The summed E-state index contributed by atoms with van der Waals surface area (Å²) in [5.41, 5.74) is 5.91. The zero-order valence-electron chi connectivity index (χ0n) is 14.9. The number of nitrogens with one attached hydrogen (secondary N) is 1. The molecule has 0 saturated carbocycles. The van der Waals surface area contributed by atoms with Gasteiger partial charge in [-0.15, -0.1) is 0 Å². The molecule has 0 bridgehead atoms. The lowest BCUT2D eigenvalue weighted by atomic mass is 10.1. The lowest BCUT2D eigenvalue weighted by Gasteiger charge is -2.03. The summed E-state index contributed by atoms with van der Waals surface area (Å²) in [7, 11) is 0. The van der Waals surface area contributed by atoms with Crippen LogP contribution in [0.5, 0.6) is 5.75 Å². The van der Waals surface area contributed by atoms with Crippen molar-refractivity contribution in [3.8, 4) is 5.75 Å². The zero-order chi connectivity index (χ0) is 18.8. The van der Waals surface area contributed by atoms with Crippen molar-refractivity contribution in [1.29, 1.82) is 0 Å². The maximum Gasteiger partial charge on any atom is 0.275 e. The minimum atomic E-state index is -0.451. The Balaban J connectivity index is 1.63. The molecule has 134 valence electrons. The highest BCUT2D eigenvalue weighted by atomic mass is 16.3. The molecule has 0 aliphatic heterocycles. The number of amides is 1. The Labute approximate surface area is 156 Å². The number of hydrazone groups is 1. The molecule has 1 heterocycles. The number of aromatic nitrogens is 1. The third-order valence-corrected chi connectivity index (χ3v) is 4.64. The average Bonchev–Trinajstić information content (AvgIpc) is 3.01. The van der Waals surface area contributed by atoms with Gasteiger partial charge in [0.1, 0.15) is 5.75 Å². The van der Waals surface area contributed by atoms with Gasteiger partial charge >= 0.3 is 0 Å². The maximum atomic E-state index is 12.1. The monoisotopic (exact) mass is 357 g/mol. The van der Waals surface area contributed by atoms with Crippen LogP contribution in [-0.2, 0) is 6.54 Å². The van der Waals surface area contributed by atoms with Gasteiger partial charge in [0, 0.05) is 28.4 Å². The summed E-state index contributed by atoms with van der Waals surface area (Å²) >= 11 is 0. The van der Waals surface area contributed by atoms with E-state index in [0.29, 0.717) is 0 Å². The summed E-state index contributed by atoms with van der Waals surface area (Å²) in [6.07, 6.45) is 1.61. The van der Waals surface area contributed by atoms with Crippen molar-refractivity contribution in [2.24, 2.45) is 5.10 Å². The van der Waals surface area contributed by atoms with Crippen molar-refractivity contribution >= 4 is 33.9 Å². The van der Waals surface area contributed by atoms with Gasteiger partial charge in [0.2, 0.25) is 0 Å². The fourth-order valence-electron chi connectivity index (χ4n) is 3.38. The van der Waals surface area contributed by atoms with E-state index in [9.17, 15) is 9.90 Å². The van der Waals surface area contributed by atoms with Crippen molar-refractivity contribution in [1.82, 2.24) is 9.99 Å². The summed E-state index contributed by atoms with van der Waals surface area (Å²) in [6, 6.07) is 20.8. The number of fused-ring (bicyclic) bond motifs is 3. The van der Waals surface area contributed by atoms with Crippen LogP contribution < -0.4 is 5.43 Å². The normalized spacial score (nSPS) is 11.4. The van der Waals surface area contributed by atoms with Gasteiger partial charge in [-0.2, -0.15) is 5.10 Å². The first kappa shape index (κ1) is 16.8. The predicted octanol–water partition coefficient (Wildman–Crippen LogP) is 4.28. The highest BCUT2D eigenvalue weighted by molar-refractivity contribution is 6.09. The average molecular weight is 357 g/mol. The van der Waals surface area contributed by atoms with Crippen LogP contribution in [0.25, 0.3) is 21.8 Å². The number of rotatable bonds is 4. The van der Waals surface area contributed by atoms with Gasteiger partial charge in [-0.25, -0.2) is 5.43 Å². The second-order valence-electron chi connectivity index (χ2n) is 6.25. The molecule has 0 aliphatic rings. The van der Waals surface area contributed by atoms with Crippen LogP contribution in [0.3, 0.4) is 0 Å². The minimum absolute atomic E-state index is 0.0704. The van der Waals surface area contributed by atoms with Crippen LogP contribution in [0.2, 0.25) is 0 Å². The summed E-state index contributed by atoms with van der Waals surface area (Å²) in [4.78, 5) is 12.1. The summed E-state index contributed by atoms with van der Waals surface area (Å²) in [6.45, 7) is 3.03. The molecule has 4 rings (SSSR count). The fourth-order valence-corrected chi connectivity index (χ4v) is 3.38. The van der Waals surface area contributed by atoms with E-state index in [4.69, 9.17) is 0 Å². The molecule has 3 aromatic carbocycles. The summed E-state index contributed by atoms with van der Waals surface area (Å²) in [5, 5.41) is 16.1. The smallest absolute Gasteiger partial charge is 0.275 e. The first-order valence-electron chi connectivity index (χ1n) is 8.81. The van der Waals surface area contributed by atoms with Gasteiger partial charge in [0.15, 0.2) is 0 Å². The topological polar surface area (TPSA) is 66.6 Å². The third-order valence-electron chi connectivity index (χ3n) is 4.64. The van der Waals surface area contributed by atoms with E-state index in [2.05, 4.69) is 46.3 Å². The van der Waals surface area contributed by atoms with Gasteiger partial charge in [-0.1, -0.05) is 36.4 Å². The van der Waals surface area contributed by atoms with Crippen LogP contribution in [0.15, 0.2) is 71.8 Å². The van der Waals surface area contributed by atoms with Gasteiger partial charge < -0.3 is 9.67 Å². The van der Waals surface area contributed by atoms with Crippen molar-refractivity contribution in [3.05, 3.63) is 77.9 Å². The molecular formula is C22H19N3O2. The maximum absolute atomic E-state index is 12.1. The van der Waals surface area contributed by atoms with Crippen LogP contribution in [0, 0.1) is 0 Å². The number of phenols is 1. The van der Waals surface area contributed by atoms with E-state index in [0.717, 1.165) is 17.5 Å². The van der Waals surface area contributed by atoms with E-state index < -0.39 is 5.91 Å². The van der Waals surface area contributed by atoms with Crippen molar-refractivity contribution in [2.75, 3.05) is 0 Å². The molecule has 5 nitrogen and oxygen atoms in total. The van der Waals surface area contributed by atoms with E-state index >= 15 is 0 Å². The number of carbonyl (C=O) groups excluding carboxylic acids is 1. The number of para-hydroxylation sites is 2. The lowest BCUT2D eigenvalue weighted by molar-refractivity contribution is 0.0952. The van der Waals surface area contributed by atoms with E-state index in [1.54, 1.807) is 24.4 Å². The van der Waals surface area contributed by atoms with E-state index in [1.165, 1.54) is 22.5 Å². The predicted molar refractivity (Wildman–Crippen MR) is 108 cm³/mol. The van der Waals surface area contributed by atoms with Gasteiger partial charge in [0.25, 0.3) is 5.91 Å². The number of aromatic hydroxyl groups is 1. The Morgan fingerprint density at radius 2 is 1.78 bits per heavy atom. The molecule has 2 N–H and O–H groups in total. The fraction of sp³-hybridized carbons (Fsp3) is 0.0909. The van der Waals surface area contributed by atoms with Crippen LogP contribution in [-0.4, -0.2) is 21.8 Å². The second-order valence-corrected chi connectivity index (χ2v) is 6.25. The standard InChI is InChI=1S/C22H19N3O2/c1-2-25-19-9-5-3-7-16(19)18-13-15(11-12-20(18)25)14-23-24-22(27)17-8-4-6-10-21(17)26/h3-14,26H,2H2,1H3,(H,24,27)/b23-14+. The molecule has 0 saturated heterocycles. The van der Waals surface area contributed by atoms with Gasteiger partial charge in [-0.3, -0.25) is 4.79 Å². The Hall–Kier alpha value is -3.60. The molecule has 5 heteroatoms. The molecule has 0 fully saturated rings. The lowest BCUT2D eigenvalue weighted by Crippen LogP contribution is -2.17. The molecule has 1 aromatic heterocycles. The molecule has 1 amide bonds. The number of phenolic OH excluding ortho intramolecular Hbond substituents is 1. The first-order valence-corrected chi connectivity index (χ1v) is 8.81. The summed E-state index contributed by atoms with van der Waals surface area (Å²) in [5.74, 6) is -0.521. The number of hydrogen-bond acceptors (Lipinski definition) is 3. The van der Waals surface area contributed by atoms with Crippen molar-refractivity contribution in [2.45, 2.75) is 13.5 Å². The highest BCUT2D eigenvalue weighted by Gasteiger charge is 2.10. The molecule has 0 spiro atoms. The van der Waals surface area contributed by atoms with Crippen molar-refractivity contribution < 1.29 is 9.90 Å². The summed E-state index contributed by atoms with van der Waals surface area (Å²) < 4.78 is 2.28. The third kappa shape index (κ3) is 3.04. The molecule has 4 aromatic rings. The van der Waals surface area contributed by atoms with Gasteiger partial charge in [0.05, 0.1) is 11.8 Å². The van der Waals surface area contributed by atoms with Gasteiger partial charge in [-0.05, 0) is 42.8 Å². The molecule has 27 heavy (non-hydrogen) atoms. The van der Waals surface area contributed by atoms with E-state index in [-0.39, 0.29) is 11.3 Å². The molecule has 0 radical (unpaired) electrons. The SMILES string of the molecule is CCn1c2ccccc2c2cc(/C=N/NC(=O)c3ccccc3O)ccc21. The first-order chi connectivity index (χ1) is 13.2. The molecule has 0 aliphatic carbocycles. The number of benzene rings is 3. The van der Waals surface area contributed by atoms with Crippen LogP contribution >= 0.6 is 0 Å². The quantitative estimate of drug-likeness (QED) is 0.423. The Kier molecular flexibility index (Phi) is 4.34. The molecule has 0 unspecified atom stereocenters. The number of hydrogen-bond donors (Lipinski definition) is 2. The highest BCUT2D eigenvalue weighted by Crippen LogP contribution is 2.29. The number of carbonyl (C=O) groups is 1. The Morgan fingerprint density at radius 3 is 2.59 bits per heavy atom. The number of aryl methyl sites for hydroxylation is 1. The zero-order valence-corrected chi connectivity index (χ0v) is 14.9. The Morgan fingerprint density at radius 1 is 1.04 bits per heavy atom. The van der Waals surface area contributed by atoms with E-state index in [1.807, 2.05) is 18.2 Å². The van der Waals surface area contributed by atoms with Crippen LogP contribution in [0.1, 0.15) is 22.8 Å². The second kappa shape index (κ2) is 6.96. The van der Waals surface area contributed by atoms with Crippen molar-refractivity contribution in [3.63, 3.8) is 0 Å². The van der Waals surface area contributed by atoms with Crippen LogP contribution in [0.4, 0.5) is 0 Å². The largest absolute Gasteiger partial charge is 0.507 e. The minimum Gasteiger partial charge on any atom is -0.507 e. The number of nitrogens with zero attached hydrogens (tertiary/aromatic N) is 2.